The third kappa shape index (κ3) is 4.69. The van der Waals surface area contributed by atoms with Crippen LogP contribution < -0.4 is 0 Å². The number of phenolic OH excluding ortho intramolecular Hbond substituents is 3. The van der Waals surface area contributed by atoms with Crippen molar-refractivity contribution in [2.75, 3.05) is 0 Å². The average molecular weight is 523 g/mol. The largest absolute Gasteiger partial charge is 0.507 e. The first kappa shape index (κ1) is 28.3. The van der Waals surface area contributed by atoms with Crippen molar-refractivity contribution in [2.45, 2.75) is 79.6 Å². The minimum absolute atomic E-state index is 0.213. The van der Waals surface area contributed by atoms with E-state index in [1.54, 1.807) is 0 Å². The molecule has 0 amide bonds. The standard InChI is InChI=1S/C36H42O3/c1-10-35(8,29-15-21(2)32(37)22(3)16-29)27-11-13-28(14-12-27)36(9,30-17-23(4)33(38)24(5)18-30)31-19-25(6)34(39)26(7)20-31/h11-20,37-39H,10H2,1-9H3. The third-order valence-corrected chi connectivity index (χ3v) is 9.07. The van der Waals surface area contributed by atoms with Crippen LogP contribution >= 0.6 is 0 Å². The summed E-state index contributed by atoms with van der Waals surface area (Å²) in [6.45, 7) is 18.4. The highest BCUT2D eigenvalue weighted by molar-refractivity contribution is 5.58. The second-order valence-corrected chi connectivity index (χ2v) is 11.8. The molecule has 4 aromatic rings. The van der Waals surface area contributed by atoms with E-state index in [0.29, 0.717) is 17.2 Å². The molecule has 0 saturated carbocycles. The maximum atomic E-state index is 10.5. The van der Waals surface area contributed by atoms with Crippen molar-refractivity contribution < 1.29 is 15.3 Å². The van der Waals surface area contributed by atoms with Gasteiger partial charge in [0, 0.05) is 10.8 Å². The van der Waals surface area contributed by atoms with Gasteiger partial charge in [0.05, 0.1) is 0 Å². The first-order valence-electron chi connectivity index (χ1n) is 13.8. The van der Waals surface area contributed by atoms with Gasteiger partial charge in [-0.15, -0.1) is 0 Å². The molecule has 0 heterocycles. The van der Waals surface area contributed by atoms with Crippen molar-refractivity contribution in [1.29, 1.82) is 0 Å². The van der Waals surface area contributed by atoms with Gasteiger partial charge < -0.3 is 15.3 Å². The summed E-state index contributed by atoms with van der Waals surface area (Å²) in [5.74, 6) is 1.02. The fraction of sp³-hybridized carbons (Fsp3) is 0.333. The lowest BCUT2D eigenvalue weighted by atomic mass is 9.68. The molecular weight excluding hydrogens is 480 g/mol. The topological polar surface area (TPSA) is 60.7 Å². The Bertz CT molecular complexity index is 1420. The van der Waals surface area contributed by atoms with Gasteiger partial charge in [-0.05, 0) is 116 Å². The minimum atomic E-state index is -0.515. The van der Waals surface area contributed by atoms with E-state index in [-0.39, 0.29) is 5.41 Å². The molecule has 1 atom stereocenters. The zero-order valence-electron chi connectivity index (χ0n) is 24.8. The molecule has 1 unspecified atom stereocenters. The zero-order valence-corrected chi connectivity index (χ0v) is 24.8. The van der Waals surface area contributed by atoms with Crippen LogP contribution in [-0.4, -0.2) is 15.3 Å². The molecule has 4 aromatic carbocycles. The highest BCUT2D eigenvalue weighted by Crippen LogP contribution is 2.44. The number of benzene rings is 4. The van der Waals surface area contributed by atoms with Gasteiger partial charge in [-0.1, -0.05) is 74.5 Å². The number of aromatic hydroxyl groups is 3. The highest BCUT2D eigenvalue weighted by atomic mass is 16.3. The number of hydrogen-bond donors (Lipinski definition) is 3. The SMILES string of the molecule is CCC(C)(c1ccc(C(C)(c2cc(C)c(O)c(C)c2)c2cc(C)c(O)c(C)c2)cc1)c1cc(C)c(O)c(C)c1. The Morgan fingerprint density at radius 2 is 0.744 bits per heavy atom. The molecule has 0 aliphatic heterocycles. The van der Waals surface area contributed by atoms with Gasteiger partial charge >= 0.3 is 0 Å². The molecule has 0 spiro atoms. The van der Waals surface area contributed by atoms with Crippen LogP contribution in [0.2, 0.25) is 0 Å². The fourth-order valence-electron chi connectivity index (χ4n) is 6.01. The summed E-state index contributed by atoms with van der Waals surface area (Å²) in [7, 11) is 0. The van der Waals surface area contributed by atoms with E-state index < -0.39 is 5.41 Å². The smallest absolute Gasteiger partial charge is 0.121 e. The lowest BCUT2D eigenvalue weighted by Crippen LogP contribution is -2.27. The Kier molecular flexibility index (Phi) is 7.33. The molecule has 0 aliphatic rings. The van der Waals surface area contributed by atoms with Crippen LogP contribution in [0.1, 0.15) is 88.4 Å². The van der Waals surface area contributed by atoms with Crippen molar-refractivity contribution >= 4 is 0 Å². The maximum absolute atomic E-state index is 10.5. The predicted molar refractivity (Wildman–Crippen MR) is 161 cm³/mol. The van der Waals surface area contributed by atoms with E-state index in [0.717, 1.165) is 56.5 Å². The first-order valence-corrected chi connectivity index (χ1v) is 13.8. The normalized spacial score (nSPS) is 13.4. The van der Waals surface area contributed by atoms with Crippen LogP contribution in [-0.2, 0) is 10.8 Å². The molecule has 3 heteroatoms. The summed E-state index contributed by atoms with van der Waals surface area (Å²) in [6.07, 6.45) is 0.917. The predicted octanol–water partition coefficient (Wildman–Crippen LogP) is 8.72. The number of aryl methyl sites for hydroxylation is 6. The summed E-state index contributed by atoms with van der Waals surface area (Å²) in [6, 6.07) is 21.4. The molecule has 0 fully saturated rings. The van der Waals surface area contributed by atoms with Crippen molar-refractivity contribution in [3.8, 4) is 17.2 Å². The lowest BCUT2D eigenvalue weighted by molar-refractivity contribution is 0.464. The van der Waals surface area contributed by atoms with Gasteiger partial charge in [-0.3, -0.25) is 0 Å². The lowest BCUT2D eigenvalue weighted by Gasteiger charge is -2.35. The number of phenols is 3. The molecule has 4 rings (SSSR count). The van der Waals surface area contributed by atoms with E-state index in [2.05, 4.69) is 81.4 Å². The van der Waals surface area contributed by atoms with E-state index in [1.807, 2.05) is 41.5 Å². The van der Waals surface area contributed by atoms with E-state index >= 15 is 0 Å². The molecule has 3 nitrogen and oxygen atoms in total. The van der Waals surface area contributed by atoms with Crippen LogP contribution in [0.3, 0.4) is 0 Å². The molecule has 0 aliphatic carbocycles. The van der Waals surface area contributed by atoms with Crippen LogP contribution in [0.4, 0.5) is 0 Å². The monoisotopic (exact) mass is 522 g/mol. The molecule has 0 bridgehead atoms. The van der Waals surface area contributed by atoms with E-state index in [1.165, 1.54) is 11.1 Å². The van der Waals surface area contributed by atoms with Gasteiger partial charge in [0.1, 0.15) is 17.2 Å². The van der Waals surface area contributed by atoms with Crippen molar-refractivity contribution in [3.05, 3.63) is 122 Å². The van der Waals surface area contributed by atoms with E-state index in [4.69, 9.17) is 0 Å². The maximum Gasteiger partial charge on any atom is 0.121 e. The molecule has 3 N–H and O–H groups in total. The van der Waals surface area contributed by atoms with Gasteiger partial charge in [-0.25, -0.2) is 0 Å². The minimum Gasteiger partial charge on any atom is -0.507 e. The van der Waals surface area contributed by atoms with E-state index in [9.17, 15) is 15.3 Å². The van der Waals surface area contributed by atoms with Gasteiger partial charge in [0.15, 0.2) is 0 Å². The summed E-state index contributed by atoms with van der Waals surface area (Å²) in [5.41, 5.74) is 10.2. The summed E-state index contributed by atoms with van der Waals surface area (Å²) >= 11 is 0. The quantitative estimate of drug-likeness (QED) is 0.222. The van der Waals surface area contributed by atoms with Gasteiger partial charge in [-0.2, -0.15) is 0 Å². The molecule has 0 saturated heterocycles. The number of hydrogen-bond acceptors (Lipinski definition) is 3. The van der Waals surface area contributed by atoms with Gasteiger partial charge in [0.25, 0.3) is 0 Å². The van der Waals surface area contributed by atoms with Crippen LogP contribution in [0.25, 0.3) is 0 Å². The Labute approximate surface area is 233 Å². The van der Waals surface area contributed by atoms with Crippen LogP contribution in [0.15, 0.2) is 60.7 Å². The summed E-state index contributed by atoms with van der Waals surface area (Å²) in [5, 5.41) is 31.4. The summed E-state index contributed by atoms with van der Waals surface area (Å²) < 4.78 is 0. The number of rotatable bonds is 6. The van der Waals surface area contributed by atoms with Crippen LogP contribution in [0, 0.1) is 41.5 Å². The Morgan fingerprint density at radius 3 is 1.05 bits per heavy atom. The zero-order chi connectivity index (χ0) is 28.9. The third-order valence-electron chi connectivity index (χ3n) is 9.07. The van der Waals surface area contributed by atoms with Crippen molar-refractivity contribution in [3.63, 3.8) is 0 Å². The fourth-order valence-corrected chi connectivity index (χ4v) is 6.01. The Balaban J connectivity index is 1.92. The summed E-state index contributed by atoms with van der Waals surface area (Å²) in [4.78, 5) is 0. The molecule has 0 aromatic heterocycles. The Hall–Kier alpha value is -3.72. The molecular formula is C36H42O3. The van der Waals surface area contributed by atoms with Crippen molar-refractivity contribution in [2.24, 2.45) is 0 Å². The van der Waals surface area contributed by atoms with Gasteiger partial charge in [0.2, 0.25) is 0 Å². The average Bonchev–Trinajstić information content (AvgIpc) is 2.91. The van der Waals surface area contributed by atoms with Crippen LogP contribution in [0.5, 0.6) is 17.2 Å². The Morgan fingerprint density at radius 1 is 0.462 bits per heavy atom. The molecule has 0 radical (unpaired) electrons. The molecule has 39 heavy (non-hydrogen) atoms. The first-order chi connectivity index (χ1) is 18.2. The van der Waals surface area contributed by atoms with Crippen molar-refractivity contribution in [1.82, 2.24) is 0 Å². The second-order valence-electron chi connectivity index (χ2n) is 11.8. The molecule has 204 valence electrons. The second kappa shape index (κ2) is 10.1. The highest BCUT2D eigenvalue weighted by Gasteiger charge is 2.34.